The van der Waals surface area contributed by atoms with Crippen molar-refractivity contribution in [3.63, 3.8) is 0 Å². The number of nitrogens with one attached hydrogen (secondary N) is 2. The first-order valence-electron chi connectivity index (χ1n) is 7.05. The molecule has 0 aliphatic heterocycles. The molecule has 3 rings (SSSR count). The Morgan fingerprint density at radius 2 is 1.96 bits per heavy atom. The van der Waals surface area contributed by atoms with E-state index in [1.165, 1.54) is 6.20 Å². The highest BCUT2D eigenvalue weighted by molar-refractivity contribution is 9.10. The molecule has 23 heavy (non-hydrogen) atoms. The van der Waals surface area contributed by atoms with Crippen LogP contribution in [0.2, 0.25) is 5.02 Å². The first-order chi connectivity index (χ1) is 11.0. The second-order valence-corrected chi connectivity index (χ2v) is 6.61. The zero-order chi connectivity index (χ0) is 16.4. The van der Waals surface area contributed by atoms with Crippen LogP contribution in [-0.2, 0) is 0 Å². The van der Waals surface area contributed by atoms with E-state index in [1.54, 1.807) is 30.5 Å². The zero-order valence-electron chi connectivity index (χ0n) is 12.0. The van der Waals surface area contributed by atoms with Crippen LogP contribution in [0.25, 0.3) is 0 Å². The number of benzene rings is 1. The number of carbonyl (C=O) groups excluding carboxylic acids is 2. The van der Waals surface area contributed by atoms with Crippen molar-refractivity contribution in [3.05, 3.63) is 57.3 Å². The predicted molar refractivity (Wildman–Crippen MR) is 91.8 cm³/mol. The highest BCUT2D eigenvalue weighted by atomic mass is 79.9. The van der Waals surface area contributed by atoms with E-state index in [2.05, 4.69) is 31.5 Å². The van der Waals surface area contributed by atoms with Crippen LogP contribution in [0.1, 0.15) is 33.6 Å². The Balaban J connectivity index is 1.77. The van der Waals surface area contributed by atoms with Crippen LogP contribution >= 0.6 is 27.5 Å². The summed E-state index contributed by atoms with van der Waals surface area (Å²) in [6.07, 6.45) is 5.06. The standard InChI is InChI=1S/C16H13BrClN3O2/c17-10-5-9(7-19-8-10)15(22)21-12-3-4-14(18)13(6-12)16(23)20-11-1-2-11/h3-8,11H,1-2H2,(H,20,23)(H,21,22). The lowest BCUT2D eigenvalue weighted by atomic mass is 10.1. The van der Waals surface area contributed by atoms with Crippen LogP contribution < -0.4 is 10.6 Å². The second kappa shape index (κ2) is 6.68. The summed E-state index contributed by atoms with van der Waals surface area (Å²) in [4.78, 5) is 28.3. The van der Waals surface area contributed by atoms with Gasteiger partial charge in [0.1, 0.15) is 0 Å². The van der Waals surface area contributed by atoms with Gasteiger partial charge in [0.2, 0.25) is 0 Å². The number of rotatable bonds is 4. The maximum absolute atomic E-state index is 12.2. The summed E-state index contributed by atoms with van der Waals surface area (Å²) in [5.41, 5.74) is 1.27. The smallest absolute Gasteiger partial charge is 0.257 e. The fraction of sp³-hybridized carbons (Fsp3) is 0.188. The zero-order valence-corrected chi connectivity index (χ0v) is 14.3. The van der Waals surface area contributed by atoms with Crippen LogP contribution in [0.5, 0.6) is 0 Å². The number of nitrogens with zero attached hydrogens (tertiary/aromatic N) is 1. The first-order valence-corrected chi connectivity index (χ1v) is 8.22. The summed E-state index contributed by atoms with van der Waals surface area (Å²) in [6, 6.07) is 6.73. The average Bonchev–Trinajstić information content (AvgIpc) is 3.33. The van der Waals surface area contributed by atoms with Gasteiger partial charge in [-0.05, 0) is 53.0 Å². The highest BCUT2D eigenvalue weighted by Gasteiger charge is 2.24. The van der Waals surface area contributed by atoms with E-state index in [0.717, 1.165) is 12.8 Å². The number of pyridine rings is 1. The van der Waals surface area contributed by atoms with Crippen molar-refractivity contribution in [2.45, 2.75) is 18.9 Å². The van der Waals surface area contributed by atoms with Crippen molar-refractivity contribution >= 4 is 45.0 Å². The lowest BCUT2D eigenvalue weighted by Gasteiger charge is -2.09. The summed E-state index contributed by atoms with van der Waals surface area (Å²) in [6.45, 7) is 0. The van der Waals surface area contributed by atoms with Crippen molar-refractivity contribution in [3.8, 4) is 0 Å². The summed E-state index contributed by atoms with van der Waals surface area (Å²) in [7, 11) is 0. The Morgan fingerprint density at radius 1 is 1.17 bits per heavy atom. The molecule has 0 saturated heterocycles. The van der Waals surface area contributed by atoms with E-state index >= 15 is 0 Å². The van der Waals surface area contributed by atoms with Gasteiger partial charge in [0.05, 0.1) is 16.1 Å². The summed E-state index contributed by atoms with van der Waals surface area (Å²) < 4.78 is 0.714. The molecule has 1 saturated carbocycles. The Bertz CT molecular complexity index is 778. The van der Waals surface area contributed by atoms with Gasteiger partial charge in [0, 0.05) is 28.6 Å². The number of halogens is 2. The molecule has 1 heterocycles. The normalized spacial score (nSPS) is 13.5. The third kappa shape index (κ3) is 4.09. The average molecular weight is 395 g/mol. The molecule has 0 spiro atoms. The van der Waals surface area contributed by atoms with Crippen molar-refractivity contribution < 1.29 is 9.59 Å². The van der Waals surface area contributed by atoms with Crippen molar-refractivity contribution in [2.75, 3.05) is 5.32 Å². The van der Waals surface area contributed by atoms with Crippen molar-refractivity contribution in [1.29, 1.82) is 0 Å². The predicted octanol–water partition coefficient (Wildman–Crippen LogP) is 3.64. The molecule has 1 aromatic carbocycles. The lowest BCUT2D eigenvalue weighted by molar-refractivity contribution is 0.0949. The Hall–Kier alpha value is -1.92. The maximum atomic E-state index is 12.2. The highest BCUT2D eigenvalue weighted by Crippen LogP contribution is 2.24. The molecule has 1 aliphatic rings. The molecule has 7 heteroatoms. The monoisotopic (exact) mass is 393 g/mol. The van der Waals surface area contributed by atoms with Crippen LogP contribution in [0, 0.1) is 0 Å². The van der Waals surface area contributed by atoms with E-state index in [0.29, 0.717) is 26.3 Å². The van der Waals surface area contributed by atoms with Gasteiger partial charge in [-0.15, -0.1) is 0 Å². The minimum atomic E-state index is -0.310. The van der Waals surface area contributed by atoms with Gasteiger partial charge in [-0.25, -0.2) is 0 Å². The van der Waals surface area contributed by atoms with Crippen molar-refractivity contribution in [2.24, 2.45) is 0 Å². The molecule has 2 aromatic rings. The Kier molecular flexibility index (Phi) is 4.63. The van der Waals surface area contributed by atoms with Gasteiger partial charge in [-0.1, -0.05) is 11.6 Å². The van der Waals surface area contributed by atoms with Crippen LogP contribution in [-0.4, -0.2) is 22.8 Å². The number of hydrogen-bond acceptors (Lipinski definition) is 3. The summed E-state index contributed by atoms with van der Waals surface area (Å²) in [5, 5.41) is 5.97. The minimum Gasteiger partial charge on any atom is -0.349 e. The molecule has 0 radical (unpaired) electrons. The lowest BCUT2D eigenvalue weighted by Crippen LogP contribution is -2.25. The van der Waals surface area contributed by atoms with E-state index in [4.69, 9.17) is 11.6 Å². The van der Waals surface area contributed by atoms with E-state index in [-0.39, 0.29) is 17.9 Å². The van der Waals surface area contributed by atoms with Gasteiger partial charge >= 0.3 is 0 Å². The van der Waals surface area contributed by atoms with Gasteiger partial charge in [0.15, 0.2) is 0 Å². The van der Waals surface area contributed by atoms with E-state index < -0.39 is 0 Å². The largest absolute Gasteiger partial charge is 0.349 e. The first kappa shape index (κ1) is 16.0. The fourth-order valence-corrected chi connectivity index (χ4v) is 2.58. The van der Waals surface area contributed by atoms with E-state index in [1.807, 2.05) is 0 Å². The molecule has 0 unspecified atom stereocenters. The molecule has 1 aromatic heterocycles. The number of aromatic nitrogens is 1. The molecule has 1 fully saturated rings. The molecule has 0 atom stereocenters. The molecule has 118 valence electrons. The SMILES string of the molecule is O=C(Nc1ccc(Cl)c(C(=O)NC2CC2)c1)c1cncc(Br)c1. The summed E-state index contributed by atoms with van der Waals surface area (Å²) in [5.74, 6) is -0.535. The minimum absolute atomic E-state index is 0.224. The molecule has 1 aliphatic carbocycles. The molecule has 2 N–H and O–H groups in total. The third-order valence-corrected chi connectivity index (χ3v) is 4.11. The van der Waals surface area contributed by atoms with Crippen LogP contribution in [0.3, 0.4) is 0 Å². The fourth-order valence-electron chi connectivity index (χ4n) is 2.01. The van der Waals surface area contributed by atoms with Gasteiger partial charge in [-0.3, -0.25) is 14.6 Å². The number of amides is 2. The maximum Gasteiger partial charge on any atom is 0.257 e. The number of carbonyl (C=O) groups is 2. The van der Waals surface area contributed by atoms with Gasteiger partial charge < -0.3 is 10.6 Å². The van der Waals surface area contributed by atoms with E-state index in [9.17, 15) is 9.59 Å². The quantitative estimate of drug-likeness (QED) is 0.831. The molecule has 5 nitrogen and oxygen atoms in total. The third-order valence-electron chi connectivity index (χ3n) is 3.35. The molecule has 0 bridgehead atoms. The Morgan fingerprint density at radius 3 is 2.65 bits per heavy atom. The molecular formula is C16H13BrClN3O2. The van der Waals surface area contributed by atoms with Crippen LogP contribution in [0.15, 0.2) is 41.1 Å². The van der Waals surface area contributed by atoms with Crippen LogP contribution in [0.4, 0.5) is 5.69 Å². The molecule has 2 amide bonds. The van der Waals surface area contributed by atoms with Crippen molar-refractivity contribution in [1.82, 2.24) is 10.3 Å². The van der Waals surface area contributed by atoms with Gasteiger partial charge in [0.25, 0.3) is 11.8 Å². The Labute approximate surface area is 146 Å². The topological polar surface area (TPSA) is 71.1 Å². The molecular weight excluding hydrogens is 382 g/mol. The second-order valence-electron chi connectivity index (χ2n) is 5.29. The number of hydrogen-bond donors (Lipinski definition) is 2. The van der Waals surface area contributed by atoms with Gasteiger partial charge in [-0.2, -0.15) is 0 Å². The number of anilines is 1. The summed E-state index contributed by atoms with van der Waals surface area (Å²) >= 11 is 9.35.